The van der Waals surface area contributed by atoms with Crippen molar-refractivity contribution >= 4 is 11.7 Å². The summed E-state index contributed by atoms with van der Waals surface area (Å²) < 4.78 is 5.29. The van der Waals surface area contributed by atoms with Crippen molar-refractivity contribution in [1.82, 2.24) is 20.0 Å². The summed E-state index contributed by atoms with van der Waals surface area (Å²) >= 11 is 0. The highest BCUT2D eigenvalue weighted by molar-refractivity contribution is 5.90. The fraction of sp³-hybridized carbons (Fsp3) is 0.600. The first-order chi connectivity index (χ1) is 13.2. The van der Waals surface area contributed by atoms with Crippen LogP contribution >= 0.6 is 0 Å². The molecule has 0 spiro atoms. The second-order valence-corrected chi connectivity index (χ2v) is 7.73. The molecule has 2 aliphatic rings. The summed E-state index contributed by atoms with van der Waals surface area (Å²) in [6, 6.07) is 3.86. The van der Waals surface area contributed by atoms with Gasteiger partial charge in [-0.05, 0) is 43.7 Å². The Morgan fingerprint density at radius 3 is 2.74 bits per heavy atom. The molecule has 0 saturated carbocycles. The van der Waals surface area contributed by atoms with Crippen LogP contribution in [0.25, 0.3) is 11.4 Å². The van der Waals surface area contributed by atoms with Crippen molar-refractivity contribution in [3.05, 3.63) is 24.2 Å². The molecular weight excluding hydrogens is 342 g/mol. The minimum atomic E-state index is -0.165. The zero-order valence-electron chi connectivity index (χ0n) is 15.9. The quantitative estimate of drug-likeness (QED) is 0.825. The number of rotatable bonds is 3. The number of anilines is 1. The number of likely N-dealkylation sites (tertiary alicyclic amines) is 1. The van der Waals surface area contributed by atoms with E-state index >= 15 is 0 Å². The van der Waals surface area contributed by atoms with Gasteiger partial charge in [0.1, 0.15) is 5.82 Å². The van der Waals surface area contributed by atoms with E-state index in [-0.39, 0.29) is 11.8 Å². The summed E-state index contributed by atoms with van der Waals surface area (Å²) in [6.45, 7) is 5.74. The zero-order valence-corrected chi connectivity index (χ0v) is 15.9. The molecule has 7 nitrogen and oxygen atoms in total. The molecule has 2 aromatic rings. The fourth-order valence-corrected chi connectivity index (χ4v) is 3.97. The SMILES string of the molecule is C[C@@H]1CCCN(C(=O)c2nc(-c3ccnc(N4CCCCCC4)c3)no2)C1. The molecule has 4 heterocycles. The molecule has 2 fully saturated rings. The standard InChI is InChI=1S/C20H27N5O2/c1-15-7-6-12-25(14-15)20(26)19-22-18(23-27-19)16-8-9-21-17(13-16)24-10-4-2-3-5-11-24/h8-9,13,15H,2-7,10-12,14H2,1H3/t15-/m1/s1. The third kappa shape index (κ3) is 4.12. The van der Waals surface area contributed by atoms with Gasteiger partial charge in [0, 0.05) is 37.9 Å². The molecule has 27 heavy (non-hydrogen) atoms. The van der Waals surface area contributed by atoms with Crippen LogP contribution in [0, 0.1) is 5.92 Å². The predicted molar refractivity (Wildman–Crippen MR) is 103 cm³/mol. The second kappa shape index (κ2) is 8.06. The smallest absolute Gasteiger partial charge is 0.316 e. The van der Waals surface area contributed by atoms with E-state index in [1.54, 1.807) is 6.20 Å². The van der Waals surface area contributed by atoms with Crippen molar-refractivity contribution in [2.24, 2.45) is 5.92 Å². The molecule has 2 aromatic heterocycles. The third-order valence-corrected chi connectivity index (χ3v) is 5.49. The van der Waals surface area contributed by atoms with Crippen molar-refractivity contribution in [1.29, 1.82) is 0 Å². The summed E-state index contributed by atoms with van der Waals surface area (Å²) in [4.78, 5) is 25.7. The normalized spacial score (nSPS) is 21.1. The maximum Gasteiger partial charge on any atom is 0.316 e. The van der Waals surface area contributed by atoms with Crippen molar-refractivity contribution in [2.45, 2.75) is 45.4 Å². The van der Waals surface area contributed by atoms with Crippen LogP contribution in [0.2, 0.25) is 0 Å². The van der Waals surface area contributed by atoms with E-state index in [1.807, 2.05) is 17.0 Å². The number of carbonyl (C=O) groups is 1. The average molecular weight is 369 g/mol. The first kappa shape index (κ1) is 17.9. The molecule has 2 saturated heterocycles. The number of carbonyl (C=O) groups excluding carboxylic acids is 1. The Hall–Kier alpha value is -2.44. The lowest BCUT2D eigenvalue weighted by Crippen LogP contribution is -2.39. The predicted octanol–water partition coefficient (Wildman–Crippen LogP) is 3.38. The molecule has 0 N–H and O–H groups in total. The monoisotopic (exact) mass is 369 g/mol. The summed E-state index contributed by atoms with van der Waals surface area (Å²) in [5, 5.41) is 4.05. The molecule has 1 atom stereocenters. The molecule has 0 unspecified atom stereocenters. The highest BCUT2D eigenvalue weighted by atomic mass is 16.5. The molecule has 7 heteroatoms. The highest BCUT2D eigenvalue weighted by Gasteiger charge is 2.26. The van der Waals surface area contributed by atoms with Gasteiger partial charge in [0.2, 0.25) is 5.82 Å². The molecule has 1 amide bonds. The number of amides is 1. The summed E-state index contributed by atoms with van der Waals surface area (Å²) in [5.41, 5.74) is 0.832. The lowest BCUT2D eigenvalue weighted by Gasteiger charge is -2.29. The maximum absolute atomic E-state index is 12.7. The van der Waals surface area contributed by atoms with Crippen molar-refractivity contribution in [3.63, 3.8) is 0 Å². The number of hydrogen-bond acceptors (Lipinski definition) is 6. The summed E-state index contributed by atoms with van der Waals surface area (Å²) in [5.74, 6) is 1.81. The van der Waals surface area contributed by atoms with Crippen LogP contribution in [0.15, 0.2) is 22.9 Å². The van der Waals surface area contributed by atoms with E-state index in [9.17, 15) is 4.79 Å². The fourth-order valence-electron chi connectivity index (χ4n) is 3.97. The Labute approximate surface area is 159 Å². The third-order valence-electron chi connectivity index (χ3n) is 5.49. The zero-order chi connectivity index (χ0) is 18.6. The van der Waals surface area contributed by atoms with Gasteiger partial charge in [-0.3, -0.25) is 4.79 Å². The van der Waals surface area contributed by atoms with E-state index < -0.39 is 0 Å². The van der Waals surface area contributed by atoms with Gasteiger partial charge < -0.3 is 14.3 Å². The Kier molecular flexibility index (Phi) is 5.36. The highest BCUT2D eigenvalue weighted by Crippen LogP contribution is 2.24. The first-order valence-corrected chi connectivity index (χ1v) is 10.0. The van der Waals surface area contributed by atoms with E-state index in [2.05, 4.69) is 26.9 Å². The lowest BCUT2D eigenvalue weighted by molar-refractivity contribution is 0.0633. The second-order valence-electron chi connectivity index (χ2n) is 7.73. The Morgan fingerprint density at radius 1 is 1.15 bits per heavy atom. The van der Waals surface area contributed by atoms with Crippen LogP contribution in [-0.4, -0.2) is 52.1 Å². The van der Waals surface area contributed by atoms with Crippen LogP contribution in [0.3, 0.4) is 0 Å². The van der Waals surface area contributed by atoms with E-state index in [0.717, 1.165) is 50.4 Å². The van der Waals surface area contributed by atoms with Crippen LogP contribution < -0.4 is 4.90 Å². The minimum Gasteiger partial charge on any atom is -0.357 e. The van der Waals surface area contributed by atoms with Gasteiger partial charge >= 0.3 is 11.8 Å². The Bertz CT molecular complexity index is 782. The van der Waals surface area contributed by atoms with Gasteiger partial charge in [-0.2, -0.15) is 4.98 Å². The van der Waals surface area contributed by atoms with Crippen molar-refractivity contribution < 1.29 is 9.32 Å². The lowest BCUT2D eigenvalue weighted by atomic mass is 10.0. The van der Waals surface area contributed by atoms with Crippen molar-refractivity contribution in [2.75, 3.05) is 31.1 Å². The van der Waals surface area contributed by atoms with Crippen LogP contribution in [0.4, 0.5) is 5.82 Å². The van der Waals surface area contributed by atoms with E-state index in [4.69, 9.17) is 4.52 Å². The van der Waals surface area contributed by atoms with Gasteiger partial charge in [0.05, 0.1) is 0 Å². The van der Waals surface area contributed by atoms with E-state index in [0.29, 0.717) is 11.7 Å². The minimum absolute atomic E-state index is 0.0761. The topological polar surface area (TPSA) is 75.4 Å². The number of hydrogen-bond donors (Lipinski definition) is 0. The number of piperidine rings is 1. The molecule has 0 bridgehead atoms. The van der Waals surface area contributed by atoms with Crippen molar-refractivity contribution in [3.8, 4) is 11.4 Å². The number of nitrogens with zero attached hydrogens (tertiary/aromatic N) is 5. The van der Waals surface area contributed by atoms with Crippen LogP contribution in [0.1, 0.15) is 56.1 Å². The van der Waals surface area contributed by atoms with Crippen LogP contribution in [0.5, 0.6) is 0 Å². The van der Waals surface area contributed by atoms with E-state index in [1.165, 1.54) is 25.7 Å². The maximum atomic E-state index is 12.7. The Balaban J connectivity index is 1.51. The number of aromatic nitrogens is 3. The Morgan fingerprint density at radius 2 is 1.96 bits per heavy atom. The van der Waals surface area contributed by atoms with Gasteiger partial charge in [-0.1, -0.05) is 24.9 Å². The first-order valence-electron chi connectivity index (χ1n) is 10.0. The molecule has 2 aliphatic heterocycles. The molecule has 144 valence electrons. The van der Waals surface area contributed by atoms with Gasteiger partial charge in [0.25, 0.3) is 0 Å². The van der Waals surface area contributed by atoms with Crippen LogP contribution in [-0.2, 0) is 0 Å². The molecule has 4 rings (SSSR count). The molecular formula is C20H27N5O2. The number of pyridine rings is 1. The summed E-state index contributed by atoms with van der Waals surface area (Å²) in [7, 11) is 0. The largest absolute Gasteiger partial charge is 0.357 e. The van der Waals surface area contributed by atoms with Gasteiger partial charge in [0.15, 0.2) is 0 Å². The van der Waals surface area contributed by atoms with Gasteiger partial charge in [-0.15, -0.1) is 0 Å². The molecule has 0 radical (unpaired) electrons. The molecule has 0 aliphatic carbocycles. The summed E-state index contributed by atoms with van der Waals surface area (Å²) in [6.07, 6.45) is 8.91. The van der Waals surface area contributed by atoms with Gasteiger partial charge in [-0.25, -0.2) is 4.98 Å². The average Bonchev–Trinajstić information content (AvgIpc) is 3.03. The molecule has 0 aromatic carbocycles.